The molecule has 0 atom stereocenters. The minimum absolute atomic E-state index is 0.163. The Labute approximate surface area is 54.8 Å². The standard InChI is InChI=1S/C6H12N2O/c1-5(9)3-2-4-6(7)8/h2-4H2,1H3,(H3,7,8). The summed E-state index contributed by atoms with van der Waals surface area (Å²) >= 11 is 0. The summed E-state index contributed by atoms with van der Waals surface area (Å²) in [5.74, 6) is 0.326. The van der Waals surface area contributed by atoms with Gasteiger partial charge in [0, 0.05) is 12.8 Å². The van der Waals surface area contributed by atoms with E-state index in [0.29, 0.717) is 19.3 Å². The van der Waals surface area contributed by atoms with Gasteiger partial charge in [-0.2, -0.15) is 0 Å². The van der Waals surface area contributed by atoms with Crippen LogP contribution < -0.4 is 5.73 Å². The van der Waals surface area contributed by atoms with Crippen LogP contribution in [0.1, 0.15) is 26.2 Å². The van der Waals surface area contributed by atoms with E-state index in [1.165, 1.54) is 0 Å². The molecule has 3 heteroatoms. The van der Waals surface area contributed by atoms with Gasteiger partial charge in [0.05, 0.1) is 5.84 Å². The molecule has 0 spiro atoms. The van der Waals surface area contributed by atoms with E-state index in [4.69, 9.17) is 11.1 Å². The van der Waals surface area contributed by atoms with Crippen molar-refractivity contribution >= 4 is 11.6 Å². The molecule has 0 aliphatic heterocycles. The highest BCUT2D eigenvalue weighted by atomic mass is 16.1. The number of hydrogen-bond donors (Lipinski definition) is 2. The Kier molecular flexibility index (Phi) is 3.67. The van der Waals surface area contributed by atoms with Crippen LogP contribution in [0.25, 0.3) is 0 Å². The molecule has 0 aliphatic carbocycles. The average Bonchev–Trinajstić information content (AvgIpc) is 1.63. The quantitative estimate of drug-likeness (QED) is 0.432. The molecule has 0 aromatic carbocycles. The van der Waals surface area contributed by atoms with E-state index >= 15 is 0 Å². The van der Waals surface area contributed by atoms with Crippen LogP contribution in [0, 0.1) is 5.41 Å². The number of nitrogens with two attached hydrogens (primary N) is 1. The van der Waals surface area contributed by atoms with Gasteiger partial charge in [0.1, 0.15) is 5.78 Å². The number of Topliss-reactive ketones (excluding diaryl/α,β-unsaturated/α-hetero) is 1. The first-order chi connectivity index (χ1) is 4.13. The van der Waals surface area contributed by atoms with Crippen LogP contribution in [-0.2, 0) is 4.79 Å². The molecule has 0 bridgehead atoms. The van der Waals surface area contributed by atoms with Gasteiger partial charge < -0.3 is 10.5 Å². The molecule has 0 fully saturated rings. The highest BCUT2D eigenvalue weighted by Crippen LogP contribution is 1.94. The first-order valence-corrected chi connectivity index (χ1v) is 2.95. The van der Waals surface area contributed by atoms with Gasteiger partial charge in [-0.05, 0) is 13.3 Å². The normalized spacial score (nSPS) is 9.00. The van der Waals surface area contributed by atoms with E-state index < -0.39 is 0 Å². The monoisotopic (exact) mass is 128 g/mol. The predicted molar refractivity (Wildman–Crippen MR) is 36.4 cm³/mol. The maximum absolute atomic E-state index is 10.3. The van der Waals surface area contributed by atoms with Crippen LogP contribution in [0.2, 0.25) is 0 Å². The zero-order chi connectivity index (χ0) is 7.28. The molecule has 0 aliphatic rings. The van der Waals surface area contributed by atoms with E-state index in [9.17, 15) is 4.79 Å². The summed E-state index contributed by atoms with van der Waals surface area (Å²) in [7, 11) is 0. The Morgan fingerprint density at radius 3 is 2.44 bits per heavy atom. The van der Waals surface area contributed by atoms with Crippen molar-refractivity contribution in [2.45, 2.75) is 26.2 Å². The fraction of sp³-hybridized carbons (Fsp3) is 0.667. The van der Waals surface area contributed by atoms with Crippen molar-refractivity contribution in [1.82, 2.24) is 0 Å². The summed E-state index contributed by atoms with van der Waals surface area (Å²) in [6, 6.07) is 0. The maximum Gasteiger partial charge on any atom is 0.129 e. The molecule has 0 saturated heterocycles. The summed E-state index contributed by atoms with van der Waals surface area (Å²) in [5, 5.41) is 6.81. The van der Waals surface area contributed by atoms with Crippen LogP contribution in [0.15, 0.2) is 0 Å². The number of nitrogens with one attached hydrogen (secondary N) is 1. The van der Waals surface area contributed by atoms with E-state index in [-0.39, 0.29) is 11.6 Å². The summed E-state index contributed by atoms with van der Waals surface area (Å²) in [4.78, 5) is 10.3. The topological polar surface area (TPSA) is 66.9 Å². The number of hydrogen-bond acceptors (Lipinski definition) is 2. The third-order valence-corrected chi connectivity index (χ3v) is 0.975. The summed E-state index contributed by atoms with van der Waals surface area (Å²) < 4.78 is 0. The van der Waals surface area contributed by atoms with Crippen molar-refractivity contribution < 1.29 is 4.79 Å². The van der Waals surface area contributed by atoms with Gasteiger partial charge in [-0.3, -0.25) is 5.41 Å². The van der Waals surface area contributed by atoms with Crippen LogP contribution in [0.5, 0.6) is 0 Å². The molecule has 0 rings (SSSR count). The zero-order valence-corrected chi connectivity index (χ0v) is 5.61. The van der Waals surface area contributed by atoms with Crippen molar-refractivity contribution in [3.63, 3.8) is 0 Å². The SMILES string of the molecule is CC(=O)CCCC(=N)N. The van der Waals surface area contributed by atoms with Gasteiger partial charge in [0.15, 0.2) is 0 Å². The smallest absolute Gasteiger partial charge is 0.129 e. The number of carbonyl (C=O) groups excluding carboxylic acids is 1. The van der Waals surface area contributed by atoms with Crippen molar-refractivity contribution in [3.8, 4) is 0 Å². The van der Waals surface area contributed by atoms with Crippen molar-refractivity contribution in [3.05, 3.63) is 0 Å². The Morgan fingerprint density at radius 2 is 2.11 bits per heavy atom. The largest absolute Gasteiger partial charge is 0.388 e. The fourth-order valence-corrected chi connectivity index (χ4v) is 0.528. The minimum Gasteiger partial charge on any atom is -0.388 e. The van der Waals surface area contributed by atoms with Gasteiger partial charge in [-0.15, -0.1) is 0 Å². The van der Waals surface area contributed by atoms with Crippen molar-refractivity contribution in [2.24, 2.45) is 5.73 Å². The van der Waals surface area contributed by atoms with E-state index in [1.807, 2.05) is 0 Å². The molecule has 52 valence electrons. The Hall–Kier alpha value is -0.860. The molecule has 0 aromatic heterocycles. The molecule has 3 N–H and O–H groups in total. The Balaban J connectivity index is 3.10. The first kappa shape index (κ1) is 8.14. The van der Waals surface area contributed by atoms with Gasteiger partial charge in [0.2, 0.25) is 0 Å². The van der Waals surface area contributed by atoms with Gasteiger partial charge in [0.25, 0.3) is 0 Å². The maximum atomic E-state index is 10.3. The number of amidine groups is 1. The highest BCUT2D eigenvalue weighted by molar-refractivity contribution is 5.79. The van der Waals surface area contributed by atoms with Gasteiger partial charge in [-0.1, -0.05) is 0 Å². The molecule has 0 amide bonds. The first-order valence-electron chi connectivity index (χ1n) is 2.95. The minimum atomic E-state index is 0.163. The Bertz CT molecular complexity index is 106. The third-order valence-electron chi connectivity index (χ3n) is 0.975. The van der Waals surface area contributed by atoms with Crippen molar-refractivity contribution in [2.75, 3.05) is 0 Å². The molecule has 0 saturated carbocycles. The zero-order valence-electron chi connectivity index (χ0n) is 5.61. The summed E-state index contributed by atoms with van der Waals surface area (Å²) in [5.41, 5.74) is 5.05. The molecule has 0 unspecified atom stereocenters. The second-order valence-electron chi connectivity index (χ2n) is 2.08. The lowest BCUT2D eigenvalue weighted by Gasteiger charge is -1.93. The molecule has 0 radical (unpaired) electrons. The molecule has 0 heterocycles. The second-order valence-corrected chi connectivity index (χ2v) is 2.08. The summed E-state index contributed by atoms with van der Waals surface area (Å²) in [6.45, 7) is 1.54. The Morgan fingerprint density at radius 1 is 1.56 bits per heavy atom. The highest BCUT2D eigenvalue weighted by Gasteiger charge is 1.93. The lowest BCUT2D eigenvalue weighted by molar-refractivity contribution is -0.117. The van der Waals surface area contributed by atoms with Crippen LogP contribution >= 0.6 is 0 Å². The van der Waals surface area contributed by atoms with E-state index in [2.05, 4.69) is 0 Å². The predicted octanol–water partition coefficient (Wildman–Crippen LogP) is 0.682. The van der Waals surface area contributed by atoms with Crippen molar-refractivity contribution in [1.29, 1.82) is 5.41 Å². The number of rotatable bonds is 4. The number of ketones is 1. The lowest BCUT2D eigenvalue weighted by Crippen LogP contribution is -2.09. The molecule has 9 heavy (non-hydrogen) atoms. The fourth-order valence-electron chi connectivity index (χ4n) is 0.528. The molecule has 3 nitrogen and oxygen atoms in total. The van der Waals surface area contributed by atoms with Crippen LogP contribution in [0.4, 0.5) is 0 Å². The van der Waals surface area contributed by atoms with Gasteiger partial charge in [-0.25, -0.2) is 0 Å². The molecular weight excluding hydrogens is 116 g/mol. The average molecular weight is 128 g/mol. The van der Waals surface area contributed by atoms with E-state index in [0.717, 1.165) is 0 Å². The lowest BCUT2D eigenvalue weighted by atomic mass is 10.2. The third kappa shape index (κ3) is 7.14. The van der Waals surface area contributed by atoms with Crippen LogP contribution in [-0.4, -0.2) is 11.6 Å². The summed E-state index contributed by atoms with van der Waals surface area (Å²) in [6.07, 6.45) is 1.80. The van der Waals surface area contributed by atoms with Crippen LogP contribution in [0.3, 0.4) is 0 Å². The second kappa shape index (κ2) is 4.06. The molecular formula is C6H12N2O. The molecule has 0 aromatic rings. The number of carbonyl (C=O) groups is 1. The van der Waals surface area contributed by atoms with Gasteiger partial charge >= 0.3 is 0 Å². The van der Waals surface area contributed by atoms with E-state index in [1.54, 1.807) is 6.92 Å².